The Balaban J connectivity index is 2.43. The Kier molecular flexibility index (Phi) is 3.91. The molecule has 12 heavy (non-hydrogen) atoms. The highest BCUT2D eigenvalue weighted by atomic mass is 32.1. The maximum atomic E-state index is 9.03. The normalized spacial score (nSPS) is 23.2. The summed E-state index contributed by atoms with van der Waals surface area (Å²) in [5, 5.41) is 12.1. The van der Waals surface area contributed by atoms with Crippen molar-refractivity contribution >= 4 is 17.2 Å². The largest absolute Gasteiger partial charge is 0.394 e. The van der Waals surface area contributed by atoms with Gasteiger partial charge in [-0.3, -0.25) is 0 Å². The van der Waals surface area contributed by atoms with Crippen LogP contribution in [0.15, 0.2) is 0 Å². The van der Waals surface area contributed by atoms with E-state index in [4.69, 9.17) is 17.3 Å². The summed E-state index contributed by atoms with van der Waals surface area (Å²) in [7, 11) is 1.89. The Labute approximate surface area is 78.8 Å². The molecule has 0 saturated carbocycles. The van der Waals surface area contributed by atoms with Gasteiger partial charge >= 0.3 is 0 Å². The van der Waals surface area contributed by atoms with E-state index in [0.717, 1.165) is 30.9 Å². The topological polar surface area (TPSA) is 35.5 Å². The number of hydrogen-bond donors (Lipinski definition) is 2. The number of aliphatic hydroxyl groups is 1. The number of aliphatic hydroxyl groups excluding tert-OH is 1. The second-order valence-corrected chi connectivity index (χ2v) is 3.57. The van der Waals surface area contributed by atoms with Crippen LogP contribution in [0.25, 0.3) is 0 Å². The predicted octanol–water partition coefficient (Wildman–Crippen LogP) is -0.0101. The number of likely N-dealkylation sites (tertiary alicyclic amines) is 1. The maximum absolute atomic E-state index is 9.03. The molecule has 0 aromatic carbocycles. The van der Waals surface area contributed by atoms with Crippen LogP contribution in [0.1, 0.15) is 12.8 Å². The van der Waals surface area contributed by atoms with Gasteiger partial charge in [-0.05, 0) is 19.9 Å². The van der Waals surface area contributed by atoms with E-state index in [1.165, 1.54) is 0 Å². The first kappa shape index (κ1) is 9.89. The van der Waals surface area contributed by atoms with E-state index in [9.17, 15) is 0 Å². The van der Waals surface area contributed by atoms with Crippen LogP contribution >= 0.6 is 12.2 Å². The number of nitrogens with zero attached hydrogens (tertiary/aromatic N) is 1. The molecule has 0 radical (unpaired) electrons. The van der Waals surface area contributed by atoms with Crippen LogP contribution in [0, 0.1) is 0 Å². The standard InChI is InChI=1S/C8H16N2OS/c1-9-5-8(12)10-4-2-3-7(10)6-11/h7,9,11H,2-6H2,1H3. The molecule has 1 aliphatic heterocycles. The molecular weight excluding hydrogens is 172 g/mol. The minimum Gasteiger partial charge on any atom is -0.394 e. The summed E-state index contributed by atoms with van der Waals surface area (Å²) >= 11 is 5.21. The summed E-state index contributed by atoms with van der Waals surface area (Å²) < 4.78 is 0. The van der Waals surface area contributed by atoms with E-state index >= 15 is 0 Å². The molecule has 0 aromatic heterocycles. The second kappa shape index (κ2) is 4.74. The Morgan fingerprint density at radius 1 is 1.75 bits per heavy atom. The van der Waals surface area contributed by atoms with Crippen LogP contribution in [0.3, 0.4) is 0 Å². The number of likely N-dealkylation sites (N-methyl/N-ethyl adjacent to an activating group) is 1. The number of hydrogen-bond acceptors (Lipinski definition) is 3. The highest BCUT2D eigenvalue weighted by Crippen LogP contribution is 2.16. The van der Waals surface area contributed by atoms with Crippen molar-refractivity contribution in [3.05, 3.63) is 0 Å². The third-order valence-electron chi connectivity index (χ3n) is 2.24. The van der Waals surface area contributed by atoms with Crippen molar-refractivity contribution in [3.63, 3.8) is 0 Å². The molecule has 0 amide bonds. The molecular formula is C8H16N2OS. The van der Waals surface area contributed by atoms with E-state index in [2.05, 4.69) is 10.2 Å². The van der Waals surface area contributed by atoms with Crippen molar-refractivity contribution in [2.75, 3.05) is 26.7 Å². The van der Waals surface area contributed by atoms with Gasteiger partial charge < -0.3 is 15.3 Å². The van der Waals surface area contributed by atoms with Crippen LogP contribution < -0.4 is 5.32 Å². The molecule has 1 unspecified atom stereocenters. The van der Waals surface area contributed by atoms with Gasteiger partial charge in [-0.2, -0.15) is 0 Å². The second-order valence-electron chi connectivity index (χ2n) is 3.10. The minimum absolute atomic E-state index is 0.226. The highest BCUT2D eigenvalue weighted by molar-refractivity contribution is 7.80. The van der Waals surface area contributed by atoms with Gasteiger partial charge in [0.05, 0.1) is 17.6 Å². The summed E-state index contributed by atoms with van der Waals surface area (Å²) in [5.41, 5.74) is 0. The molecule has 1 saturated heterocycles. The van der Waals surface area contributed by atoms with E-state index in [-0.39, 0.29) is 12.6 Å². The van der Waals surface area contributed by atoms with Crippen LogP contribution in [0.5, 0.6) is 0 Å². The molecule has 4 heteroatoms. The zero-order valence-corrected chi connectivity index (χ0v) is 8.23. The van der Waals surface area contributed by atoms with Crippen molar-refractivity contribution in [3.8, 4) is 0 Å². The van der Waals surface area contributed by atoms with E-state index < -0.39 is 0 Å². The van der Waals surface area contributed by atoms with Crippen molar-refractivity contribution in [2.24, 2.45) is 0 Å². The first-order valence-corrected chi connectivity index (χ1v) is 4.75. The van der Waals surface area contributed by atoms with Gasteiger partial charge in [0.15, 0.2) is 0 Å². The lowest BCUT2D eigenvalue weighted by atomic mass is 10.2. The van der Waals surface area contributed by atoms with Crippen molar-refractivity contribution in [2.45, 2.75) is 18.9 Å². The summed E-state index contributed by atoms with van der Waals surface area (Å²) in [6, 6.07) is 0.269. The molecule has 1 rings (SSSR count). The zero-order chi connectivity index (χ0) is 8.97. The van der Waals surface area contributed by atoms with E-state index in [0.29, 0.717) is 0 Å². The van der Waals surface area contributed by atoms with Gasteiger partial charge in [0, 0.05) is 13.1 Å². The summed E-state index contributed by atoms with van der Waals surface area (Å²) in [6.07, 6.45) is 2.22. The monoisotopic (exact) mass is 188 g/mol. The summed E-state index contributed by atoms with van der Waals surface area (Å²) in [4.78, 5) is 3.06. The van der Waals surface area contributed by atoms with Crippen LogP contribution in [-0.2, 0) is 0 Å². The molecule has 0 spiro atoms. The molecule has 3 nitrogen and oxygen atoms in total. The molecule has 1 heterocycles. The quantitative estimate of drug-likeness (QED) is 0.611. The fourth-order valence-corrected chi connectivity index (χ4v) is 1.99. The van der Waals surface area contributed by atoms with Crippen molar-refractivity contribution < 1.29 is 5.11 Å². The van der Waals surface area contributed by atoms with Gasteiger partial charge in [0.1, 0.15) is 0 Å². The molecule has 0 aromatic rings. The first-order chi connectivity index (χ1) is 5.79. The van der Waals surface area contributed by atoms with Gasteiger partial charge in [0.25, 0.3) is 0 Å². The summed E-state index contributed by atoms with van der Waals surface area (Å²) in [6.45, 7) is 1.97. The van der Waals surface area contributed by atoms with Gasteiger partial charge in [-0.25, -0.2) is 0 Å². The lowest BCUT2D eigenvalue weighted by Gasteiger charge is -2.25. The van der Waals surface area contributed by atoms with Crippen LogP contribution in [0.2, 0.25) is 0 Å². The highest BCUT2D eigenvalue weighted by Gasteiger charge is 2.24. The number of nitrogens with one attached hydrogen (secondary N) is 1. The Morgan fingerprint density at radius 2 is 2.50 bits per heavy atom. The molecule has 1 atom stereocenters. The third kappa shape index (κ3) is 2.15. The maximum Gasteiger partial charge on any atom is 0.0922 e. The number of thiocarbonyl (C=S) groups is 1. The fourth-order valence-electron chi connectivity index (χ4n) is 1.61. The Bertz CT molecular complexity index is 163. The predicted molar refractivity (Wildman–Crippen MR) is 53.3 cm³/mol. The molecule has 1 aliphatic rings. The first-order valence-electron chi connectivity index (χ1n) is 4.34. The molecule has 2 N–H and O–H groups in total. The van der Waals surface area contributed by atoms with Gasteiger partial charge in [0.2, 0.25) is 0 Å². The molecule has 0 aliphatic carbocycles. The molecule has 1 fully saturated rings. The zero-order valence-electron chi connectivity index (χ0n) is 7.42. The van der Waals surface area contributed by atoms with Gasteiger partial charge in [-0.1, -0.05) is 12.2 Å². The lowest BCUT2D eigenvalue weighted by molar-refractivity contribution is 0.209. The molecule has 0 bridgehead atoms. The van der Waals surface area contributed by atoms with Crippen molar-refractivity contribution in [1.82, 2.24) is 10.2 Å². The minimum atomic E-state index is 0.226. The Hall–Kier alpha value is -0.190. The smallest absolute Gasteiger partial charge is 0.0922 e. The average Bonchev–Trinajstić information content (AvgIpc) is 2.51. The van der Waals surface area contributed by atoms with E-state index in [1.807, 2.05) is 7.05 Å². The van der Waals surface area contributed by atoms with E-state index in [1.54, 1.807) is 0 Å². The third-order valence-corrected chi connectivity index (χ3v) is 2.62. The SMILES string of the molecule is CNCC(=S)N1CCCC1CO. The van der Waals surface area contributed by atoms with Crippen molar-refractivity contribution in [1.29, 1.82) is 0 Å². The fraction of sp³-hybridized carbons (Fsp3) is 0.875. The average molecular weight is 188 g/mol. The molecule has 70 valence electrons. The van der Waals surface area contributed by atoms with Crippen LogP contribution in [-0.4, -0.2) is 47.8 Å². The van der Waals surface area contributed by atoms with Crippen LogP contribution in [0.4, 0.5) is 0 Å². The Morgan fingerprint density at radius 3 is 3.08 bits per heavy atom. The summed E-state index contributed by atoms with van der Waals surface area (Å²) in [5.74, 6) is 0. The lowest BCUT2D eigenvalue weighted by Crippen LogP contribution is -2.40. The number of rotatable bonds is 3. The van der Waals surface area contributed by atoms with Gasteiger partial charge in [-0.15, -0.1) is 0 Å².